The zero-order valence-corrected chi connectivity index (χ0v) is 14.9. The zero-order chi connectivity index (χ0) is 17.8. The third-order valence-electron chi connectivity index (χ3n) is 4.97. The quantitative estimate of drug-likeness (QED) is 0.392. The maximum atomic E-state index is 12.4. The first kappa shape index (κ1) is 17.6. The number of rotatable bonds is 9. The predicted octanol–water partition coefficient (Wildman–Crippen LogP) is 3.42. The Morgan fingerprint density at radius 3 is 2.44 bits per heavy atom. The molecule has 1 aliphatic heterocycles. The maximum absolute atomic E-state index is 12.4. The van der Waals surface area contributed by atoms with Crippen molar-refractivity contribution in [2.45, 2.75) is 57.9 Å². The lowest BCUT2D eigenvalue weighted by molar-refractivity contribution is -0.125. The van der Waals surface area contributed by atoms with Crippen LogP contribution in [0.2, 0.25) is 0 Å². The lowest BCUT2D eigenvalue weighted by Crippen LogP contribution is -2.37. The molecule has 25 heavy (non-hydrogen) atoms. The minimum Gasteiger partial charge on any atom is -0.312 e. The fraction of sp³-hybridized carbons (Fsp3) is 0.550. The molecule has 134 valence electrons. The van der Waals surface area contributed by atoms with Crippen molar-refractivity contribution >= 4 is 17.7 Å². The predicted molar refractivity (Wildman–Crippen MR) is 95.5 cm³/mol. The summed E-state index contributed by atoms with van der Waals surface area (Å²) in [6.07, 6.45) is 7.81. The molecule has 0 spiro atoms. The van der Waals surface area contributed by atoms with Gasteiger partial charge in [0.15, 0.2) is 5.78 Å². The first-order valence-corrected chi connectivity index (χ1v) is 9.33. The molecule has 0 aromatic heterocycles. The highest BCUT2D eigenvalue weighted by molar-refractivity contribution is 6.08. The van der Waals surface area contributed by atoms with Crippen LogP contribution in [0.4, 0.5) is 4.79 Å². The van der Waals surface area contributed by atoms with E-state index in [0.717, 1.165) is 30.6 Å². The SMILES string of the molecule is CCCCCCc1ccc(C(=O)CN2C(=O)CN(C3CC3)C2=O)cc1. The van der Waals surface area contributed by atoms with Gasteiger partial charge in [0.05, 0.1) is 6.54 Å². The highest BCUT2D eigenvalue weighted by Gasteiger charge is 2.44. The molecule has 0 N–H and O–H groups in total. The molecule has 5 nitrogen and oxygen atoms in total. The van der Waals surface area contributed by atoms with E-state index in [1.54, 1.807) is 17.0 Å². The summed E-state index contributed by atoms with van der Waals surface area (Å²) in [5, 5.41) is 0. The van der Waals surface area contributed by atoms with E-state index < -0.39 is 0 Å². The smallest absolute Gasteiger partial charge is 0.312 e. The number of carbonyl (C=O) groups excluding carboxylic acids is 3. The van der Waals surface area contributed by atoms with E-state index in [1.165, 1.54) is 24.8 Å². The second-order valence-corrected chi connectivity index (χ2v) is 7.05. The summed E-state index contributed by atoms with van der Waals surface area (Å²) in [6, 6.07) is 7.45. The Labute approximate surface area is 149 Å². The number of imide groups is 1. The minimum absolute atomic E-state index is 0.119. The molecular weight excluding hydrogens is 316 g/mol. The van der Waals surface area contributed by atoms with Crippen LogP contribution in [0.1, 0.15) is 61.4 Å². The van der Waals surface area contributed by atoms with Gasteiger partial charge in [0.2, 0.25) is 0 Å². The van der Waals surface area contributed by atoms with E-state index in [2.05, 4.69) is 6.92 Å². The molecule has 2 aliphatic rings. The first-order valence-electron chi connectivity index (χ1n) is 9.33. The number of aryl methyl sites for hydroxylation is 1. The van der Waals surface area contributed by atoms with E-state index in [4.69, 9.17) is 0 Å². The summed E-state index contributed by atoms with van der Waals surface area (Å²) in [4.78, 5) is 39.4. The van der Waals surface area contributed by atoms with Crippen LogP contribution in [-0.2, 0) is 11.2 Å². The largest absolute Gasteiger partial charge is 0.327 e. The van der Waals surface area contributed by atoms with E-state index in [1.807, 2.05) is 12.1 Å². The van der Waals surface area contributed by atoms with Crippen LogP contribution in [0.25, 0.3) is 0 Å². The molecule has 1 saturated heterocycles. The Morgan fingerprint density at radius 1 is 1.08 bits per heavy atom. The van der Waals surface area contributed by atoms with Crippen LogP contribution in [-0.4, -0.2) is 46.7 Å². The van der Waals surface area contributed by atoms with Gasteiger partial charge in [0.1, 0.15) is 6.54 Å². The Morgan fingerprint density at radius 2 is 1.80 bits per heavy atom. The average molecular weight is 342 g/mol. The van der Waals surface area contributed by atoms with Crippen LogP contribution in [0, 0.1) is 0 Å². The van der Waals surface area contributed by atoms with Crippen molar-refractivity contribution in [2.75, 3.05) is 13.1 Å². The summed E-state index contributed by atoms with van der Waals surface area (Å²) in [6.45, 7) is 2.16. The van der Waals surface area contributed by atoms with Gasteiger partial charge in [0, 0.05) is 11.6 Å². The van der Waals surface area contributed by atoms with Gasteiger partial charge in [-0.3, -0.25) is 14.5 Å². The molecule has 1 aromatic rings. The number of unbranched alkanes of at least 4 members (excludes halogenated alkanes) is 3. The Bertz CT molecular complexity index is 649. The second kappa shape index (κ2) is 7.81. The summed E-state index contributed by atoms with van der Waals surface area (Å²) in [5.41, 5.74) is 1.78. The number of ketones is 1. The fourth-order valence-electron chi connectivity index (χ4n) is 3.24. The number of amides is 3. The highest BCUT2D eigenvalue weighted by atomic mass is 16.2. The van der Waals surface area contributed by atoms with E-state index in [-0.39, 0.29) is 36.9 Å². The van der Waals surface area contributed by atoms with Crippen LogP contribution in [0.5, 0.6) is 0 Å². The molecule has 2 fully saturated rings. The van der Waals surface area contributed by atoms with Crippen molar-refractivity contribution in [3.05, 3.63) is 35.4 Å². The van der Waals surface area contributed by atoms with Crippen molar-refractivity contribution in [3.63, 3.8) is 0 Å². The van der Waals surface area contributed by atoms with E-state index >= 15 is 0 Å². The number of hydrogen-bond acceptors (Lipinski definition) is 3. The minimum atomic E-state index is -0.312. The number of hydrogen-bond donors (Lipinski definition) is 0. The van der Waals surface area contributed by atoms with Crippen LogP contribution < -0.4 is 0 Å². The molecule has 5 heteroatoms. The van der Waals surface area contributed by atoms with Crippen LogP contribution >= 0.6 is 0 Å². The monoisotopic (exact) mass is 342 g/mol. The van der Waals surface area contributed by atoms with Gasteiger partial charge < -0.3 is 4.90 Å². The molecule has 1 aliphatic carbocycles. The van der Waals surface area contributed by atoms with Crippen molar-refractivity contribution in [1.29, 1.82) is 0 Å². The Hall–Kier alpha value is -2.17. The van der Waals surface area contributed by atoms with Crippen LogP contribution in [0.3, 0.4) is 0 Å². The first-order chi connectivity index (χ1) is 12.1. The number of benzene rings is 1. The van der Waals surface area contributed by atoms with Gasteiger partial charge in [-0.05, 0) is 31.2 Å². The third-order valence-corrected chi connectivity index (χ3v) is 4.97. The highest BCUT2D eigenvalue weighted by Crippen LogP contribution is 2.30. The molecule has 0 atom stereocenters. The number of Topliss-reactive ketones (excluding diaryl/α,β-unsaturated/α-hetero) is 1. The van der Waals surface area contributed by atoms with E-state index in [9.17, 15) is 14.4 Å². The second-order valence-electron chi connectivity index (χ2n) is 7.05. The fourth-order valence-corrected chi connectivity index (χ4v) is 3.24. The lowest BCUT2D eigenvalue weighted by Gasteiger charge is -2.16. The summed E-state index contributed by atoms with van der Waals surface area (Å²) in [5.74, 6) is -0.449. The van der Waals surface area contributed by atoms with Crippen molar-refractivity contribution < 1.29 is 14.4 Å². The van der Waals surface area contributed by atoms with Gasteiger partial charge in [0.25, 0.3) is 5.91 Å². The molecule has 1 heterocycles. The molecule has 1 aromatic carbocycles. The molecule has 3 rings (SSSR count). The molecule has 3 amide bonds. The number of carbonyl (C=O) groups is 3. The van der Waals surface area contributed by atoms with E-state index in [0.29, 0.717) is 5.56 Å². The van der Waals surface area contributed by atoms with Gasteiger partial charge >= 0.3 is 6.03 Å². The van der Waals surface area contributed by atoms with Crippen molar-refractivity contribution in [1.82, 2.24) is 9.80 Å². The van der Waals surface area contributed by atoms with Gasteiger partial charge in [-0.15, -0.1) is 0 Å². The summed E-state index contributed by atoms with van der Waals surface area (Å²) >= 11 is 0. The lowest BCUT2D eigenvalue weighted by atomic mass is 10.0. The standard InChI is InChI=1S/C20H26N2O3/c1-2-3-4-5-6-15-7-9-16(10-8-15)18(23)13-22-19(24)14-21(20(22)25)17-11-12-17/h7-10,17H,2-6,11-14H2,1H3. The van der Waals surface area contributed by atoms with Crippen molar-refractivity contribution in [2.24, 2.45) is 0 Å². The number of urea groups is 1. The maximum Gasteiger partial charge on any atom is 0.327 e. The van der Waals surface area contributed by atoms with Gasteiger partial charge in [-0.2, -0.15) is 0 Å². The topological polar surface area (TPSA) is 57.7 Å². The Balaban J connectivity index is 1.54. The van der Waals surface area contributed by atoms with Crippen LogP contribution in [0.15, 0.2) is 24.3 Å². The molecule has 0 bridgehead atoms. The average Bonchev–Trinajstić information content (AvgIpc) is 3.42. The molecular formula is C20H26N2O3. The van der Waals surface area contributed by atoms with Gasteiger partial charge in [-0.1, -0.05) is 50.5 Å². The summed E-state index contributed by atoms with van der Waals surface area (Å²) in [7, 11) is 0. The molecule has 0 unspecified atom stereocenters. The Kier molecular flexibility index (Phi) is 5.51. The normalized spacial score (nSPS) is 17.5. The van der Waals surface area contributed by atoms with Gasteiger partial charge in [-0.25, -0.2) is 4.79 Å². The zero-order valence-electron chi connectivity index (χ0n) is 14.9. The third kappa shape index (κ3) is 4.27. The van der Waals surface area contributed by atoms with Crippen molar-refractivity contribution in [3.8, 4) is 0 Å². The molecule has 1 saturated carbocycles. The summed E-state index contributed by atoms with van der Waals surface area (Å²) < 4.78 is 0. The molecule has 0 radical (unpaired) electrons. The number of nitrogens with zero attached hydrogens (tertiary/aromatic N) is 2.